The van der Waals surface area contributed by atoms with Crippen molar-refractivity contribution < 1.29 is 4.42 Å². The third kappa shape index (κ3) is 4.30. The number of furan rings is 1. The first-order valence-corrected chi connectivity index (χ1v) is 17.8. The topological polar surface area (TPSA) is 56.7 Å². The van der Waals surface area contributed by atoms with Crippen LogP contribution in [0.1, 0.15) is 0 Å². The van der Waals surface area contributed by atoms with Gasteiger partial charge in [-0.1, -0.05) is 115 Å². The van der Waals surface area contributed by atoms with Gasteiger partial charge in [0.15, 0.2) is 17.5 Å². The Balaban J connectivity index is 1.27. The van der Waals surface area contributed by atoms with Crippen LogP contribution in [0.2, 0.25) is 0 Å². The standard InChI is InChI=1S/C45H26N4OS/c1-2-13-27(14-3-1)43-46-44(33-20-12-19-32-30-17-6-10-23-39(30)50-42(32)33)48-45(47-43)35-25-34-31-18-7-11-24-40(31)51-41(34)26-38(35)49-36-21-8-4-15-28(36)29-16-5-9-22-37(29)49/h1-26H. The minimum Gasteiger partial charge on any atom is -0.455 e. The van der Waals surface area contributed by atoms with E-state index in [0.29, 0.717) is 17.5 Å². The zero-order chi connectivity index (χ0) is 33.5. The third-order valence-electron chi connectivity index (χ3n) is 9.87. The molecule has 0 saturated carbocycles. The molecule has 0 atom stereocenters. The molecule has 4 heterocycles. The minimum absolute atomic E-state index is 0.562. The van der Waals surface area contributed by atoms with Crippen LogP contribution in [0.4, 0.5) is 0 Å². The SMILES string of the molecule is c1ccc(-c2nc(-c3cc4c(cc3-n3c5ccccc5c5ccccc53)sc3ccccc34)nc(-c3cccc4c3oc3ccccc34)n2)cc1. The predicted octanol–water partition coefficient (Wildman–Crippen LogP) is 12.2. The lowest BCUT2D eigenvalue weighted by molar-refractivity contribution is 0.669. The van der Waals surface area contributed by atoms with Gasteiger partial charge in [0.2, 0.25) is 0 Å². The summed E-state index contributed by atoms with van der Waals surface area (Å²) >= 11 is 1.81. The Labute approximate surface area is 295 Å². The van der Waals surface area contributed by atoms with Gasteiger partial charge in [0.05, 0.1) is 22.3 Å². The van der Waals surface area contributed by atoms with Gasteiger partial charge < -0.3 is 8.98 Å². The van der Waals surface area contributed by atoms with Crippen LogP contribution < -0.4 is 0 Å². The molecule has 7 aromatic carbocycles. The fourth-order valence-electron chi connectivity index (χ4n) is 7.56. The van der Waals surface area contributed by atoms with E-state index in [2.05, 4.69) is 108 Å². The van der Waals surface area contributed by atoms with E-state index in [9.17, 15) is 0 Å². The van der Waals surface area contributed by atoms with E-state index < -0.39 is 0 Å². The summed E-state index contributed by atoms with van der Waals surface area (Å²) in [4.78, 5) is 15.7. The lowest BCUT2D eigenvalue weighted by Crippen LogP contribution is -2.04. The maximum atomic E-state index is 6.50. The van der Waals surface area contributed by atoms with Gasteiger partial charge in [-0.2, -0.15) is 0 Å². The first-order chi connectivity index (χ1) is 25.3. The van der Waals surface area contributed by atoms with E-state index in [4.69, 9.17) is 19.4 Å². The van der Waals surface area contributed by atoms with Crippen LogP contribution in [-0.2, 0) is 0 Å². The molecule has 0 spiro atoms. The van der Waals surface area contributed by atoms with Crippen molar-refractivity contribution in [3.63, 3.8) is 0 Å². The molecule has 0 N–H and O–H groups in total. The summed E-state index contributed by atoms with van der Waals surface area (Å²) in [6.07, 6.45) is 0. The van der Waals surface area contributed by atoms with Gasteiger partial charge in [-0.25, -0.2) is 15.0 Å². The largest absolute Gasteiger partial charge is 0.455 e. The van der Waals surface area contributed by atoms with Crippen molar-refractivity contribution in [2.24, 2.45) is 0 Å². The maximum absolute atomic E-state index is 6.50. The number of rotatable bonds is 4. The van der Waals surface area contributed by atoms with E-state index in [1.165, 1.54) is 30.9 Å². The van der Waals surface area contributed by atoms with Gasteiger partial charge in [-0.05, 0) is 42.5 Å². The number of nitrogens with zero attached hydrogens (tertiary/aromatic N) is 4. The Bertz CT molecular complexity index is 3100. The van der Waals surface area contributed by atoms with Crippen LogP contribution in [0, 0.1) is 0 Å². The number of para-hydroxylation sites is 4. The summed E-state index contributed by atoms with van der Waals surface area (Å²) in [6, 6.07) is 54.9. The van der Waals surface area contributed by atoms with Crippen LogP contribution in [0.25, 0.3) is 104 Å². The Morgan fingerprint density at radius 1 is 0.431 bits per heavy atom. The van der Waals surface area contributed by atoms with Crippen LogP contribution in [0.15, 0.2) is 162 Å². The van der Waals surface area contributed by atoms with Crippen molar-refractivity contribution in [2.45, 2.75) is 0 Å². The first kappa shape index (κ1) is 28.2. The first-order valence-electron chi connectivity index (χ1n) is 16.9. The Morgan fingerprint density at radius 3 is 1.82 bits per heavy atom. The van der Waals surface area contributed by atoms with Gasteiger partial charge in [-0.15, -0.1) is 11.3 Å². The second kappa shape index (κ2) is 10.9. The summed E-state index contributed by atoms with van der Waals surface area (Å²) in [5.74, 6) is 1.76. The van der Waals surface area contributed by atoms with E-state index in [1.807, 2.05) is 65.9 Å². The van der Waals surface area contributed by atoms with Gasteiger partial charge in [0.25, 0.3) is 0 Å². The van der Waals surface area contributed by atoms with Crippen molar-refractivity contribution >= 4 is 75.3 Å². The molecule has 238 valence electrons. The van der Waals surface area contributed by atoms with Crippen molar-refractivity contribution in [1.29, 1.82) is 0 Å². The molecule has 0 aliphatic rings. The molecule has 11 rings (SSSR count). The lowest BCUT2D eigenvalue weighted by Gasteiger charge is -2.15. The minimum atomic E-state index is 0.562. The number of hydrogen-bond donors (Lipinski definition) is 0. The van der Waals surface area contributed by atoms with E-state index in [1.54, 1.807) is 0 Å². The second-order valence-electron chi connectivity index (χ2n) is 12.8. The van der Waals surface area contributed by atoms with Crippen molar-refractivity contribution in [2.75, 3.05) is 0 Å². The molecule has 51 heavy (non-hydrogen) atoms. The molecule has 0 aliphatic carbocycles. The average Bonchev–Trinajstić information content (AvgIpc) is 3.87. The van der Waals surface area contributed by atoms with Gasteiger partial charge in [0.1, 0.15) is 11.2 Å². The summed E-state index contributed by atoms with van der Waals surface area (Å²) in [6.45, 7) is 0. The lowest BCUT2D eigenvalue weighted by atomic mass is 10.1. The summed E-state index contributed by atoms with van der Waals surface area (Å²) in [5, 5.41) is 6.90. The highest BCUT2D eigenvalue weighted by atomic mass is 32.1. The molecule has 0 radical (unpaired) electrons. The zero-order valence-electron chi connectivity index (χ0n) is 27.1. The second-order valence-corrected chi connectivity index (χ2v) is 13.9. The Morgan fingerprint density at radius 2 is 1.04 bits per heavy atom. The molecule has 0 bridgehead atoms. The normalized spacial score (nSPS) is 11.9. The number of benzene rings is 7. The zero-order valence-corrected chi connectivity index (χ0v) is 27.9. The summed E-state index contributed by atoms with van der Waals surface area (Å²) < 4.78 is 11.3. The smallest absolute Gasteiger partial charge is 0.167 e. The van der Waals surface area contributed by atoms with Crippen molar-refractivity contribution in [3.05, 3.63) is 158 Å². The fourth-order valence-corrected chi connectivity index (χ4v) is 8.68. The molecule has 0 amide bonds. The molecule has 0 fully saturated rings. The Kier molecular flexibility index (Phi) is 6.05. The average molecular weight is 671 g/mol. The van der Waals surface area contributed by atoms with E-state index in [0.717, 1.165) is 55.3 Å². The fraction of sp³-hybridized carbons (Fsp3) is 0. The van der Waals surface area contributed by atoms with Crippen LogP contribution in [0.5, 0.6) is 0 Å². The predicted molar refractivity (Wildman–Crippen MR) is 211 cm³/mol. The number of aromatic nitrogens is 4. The number of hydrogen-bond acceptors (Lipinski definition) is 5. The molecule has 0 aliphatic heterocycles. The quantitative estimate of drug-likeness (QED) is 0.187. The molecule has 0 saturated heterocycles. The molecule has 0 unspecified atom stereocenters. The van der Waals surface area contributed by atoms with E-state index >= 15 is 0 Å². The highest BCUT2D eigenvalue weighted by molar-refractivity contribution is 7.25. The van der Waals surface area contributed by atoms with Crippen LogP contribution in [0.3, 0.4) is 0 Å². The Hall–Kier alpha value is -6.63. The van der Waals surface area contributed by atoms with Gasteiger partial charge in [0, 0.05) is 52.8 Å². The molecule has 6 heteroatoms. The number of thiophene rings is 1. The van der Waals surface area contributed by atoms with Crippen LogP contribution >= 0.6 is 11.3 Å². The highest BCUT2D eigenvalue weighted by Crippen LogP contribution is 2.43. The molecule has 4 aromatic heterocycles. The van der Waals surface area contributed by atoms with Gasteiger partial charge in [-0.3, -0.25) is 0 Å². The molecular formula is C45H26N4OS. The summed E-state index contributed by atoms with van der Waals surface area (Å²) in [7, 11) is 0. The van der Waals surface area contributed by atoms with Crippen molar-refractivity contribution in [1.82, 2.24) is 19.5 Å². The van der Waals surface area contributed by atoms with Crippen LogP contribution in [-0.4, -0.2) is 19.5 Å². The summed E-state index contributed by atoms with van der Waals surface area (Å²) in [5.41, 5.74) is 7.54. The highest BCUT2D eigenvalue weighted by Gasteiger charge is 2.22. The number of fused-ring (bicyclic) bond motifs is 9. The third-order valence-corrected chi connectivity index (χ3v) is 11.0. The molecule has 5 nitrogen and oxygen atoms in total. The molecule has 11 aromatic rings. The van der Waals surface area contributed by atoms with Gasteiger partial charge >= 0.3 is 0 Å². The molecular weight excluding hydrogens is 645 g/mol. The van der Waals surface area contributed by atoms with Crippen molar-refractivity contribution in [3.8, 4) is 39.9 Å². The monoisotopic (exact) mass is 670 g/mol. The van der Waals surface area contributed by atoms with E-state index in [-0.39, 0.29) is 0 Å². The maximum Gasteiger partial charge on any atom is 0.167 e.